The summed E-state index contributed by atoms with van der Waals surface area (Å²) in [6.45, 7) is 11.8. The summed E-state index contributed by atoms with van der Waals surface area (Å²) in [7, 11) is 1.60. The summed E-state index contributed by atoms with van der Waals surface area (Å²) in [5, 5.41) is 3.41. The third kappa shape index (κ3) is 4.70. The van der Waals surface area contributed by atoms with Crippen molar-refractivity contribution in [2.45, 2.75) is 40.0 Å². The maximum Gasteiger partial charge on any atom is 0.166 e. The Labute approximate surface area is 172 Å². The average Bonchev–Trinajstić information content (AvgIpc) is 3.13. The van der Waals surface area contributed by atoms with E-state index in [-0.39, 0.29) is 5.41 Å². The summed E-state index contributed by atoms with van der Waals surface area (Å²) in [6.07, 6.45) is 3.62. The largest absolute Gasteiger partial charge is 0.493 e. The van der Waals surface area contributed by atoms with Gasteiger partial charge in [-0.3, -0.25) is 0 Å². The van der Waals surface area contributed by atoms with Gasteiger partial charge in [0.1, 0.15) is 5.82 Å². The molecule has 3 rings (SSSR count). The predicted molar refractivity (Wildman–Crippen MR) is 120 cm³/mol. The molecule has 154 valence electrons. The van der Waals surface area contributed by atoms with Gasteiger partial charge in [-0.05, 0) is 35.7 Å². The van der Waals surface area contributed by atoms with Gasteiger partial charge in [-0.1, -0.05) is 34.6 Å². The average molecular weight is 394 g/mol. The fraction of sp³-hybridized carbons (Fsp3) is 0.391. The molecule has 0 atom stereocenters. The summed E-state index contributed by atoms with van der Waals surface area (Å²) in [5.41, 5.74) is 11.1. The number of nitrogen functional groups attached to an aromatic ring is 1. The molecule has 6 heteroatoms. The topological polar surface area (TPSA) is 88.8 Å². The van der Waals surface area contributed by atoms with Gasteiger partial charge in [-0.25, -0.2) is 9.97 Å². The lowest BCUT2D eigenvalue weighted by Crippen LogP contribution is -2.11. The van der Waals surface area contributed by atoms with Gasteiger partial charge in [0.2, 0.25) is 0 Å². The zero-order valence-electron chi connectivity index (χ0n) is 18.1. The molecule has 0 aliphatic heterocycles. The first-order valence-electron chi connectivity index (χ1n) is 9.92. The standard InChI is InChI=1S/C23H31N5O/c1-14(2)12-26-20-10-15(7-8-25-20)17-11-19(23(3,4)5)28-21(17)16-9-18(29-6)22(24)27-13-16/h7-11,13-14,28H,12H2,1-6H3,(H2,24,27)(H,25,26). The number of anilines is 2. The van der Waals surface area contributed by atoms with Crippen LogP contribution in [0.15, 0.2) is 36.7 Å². The van der Waals surface area contributed by atoms with Gasteiger partial charge in [0.05, 0.1) is 12.8 Å². The molecule has 0 saturated carbocycles. The van der Waals surface area contributed by atoms with Crippen LogP contribution in [0, 0.1) is 5.92 Å². The van der Waals surface area contributed by atoms with Gasteiger partial charge in [-0.2, -0.15) is 0 Å². The van der Waals surface area contributed by atoms with Gasteiger partial charge in [0.15, 0.2) is 11.6 Å². The lowest BCUT2D eigenvalue weighted by molar-refractivity contribution is 0.415. The minimum Gasteiger partial charge on any atom is -0.493 e. The van der Waals surface area contributed by atoms with Crippen molar-refractivity contribution in [1.82, 2.24) is 15.0 Å². The van der Waals surface area contributed by atoms with E-state index in [4.69, 9.17) is 10.5 Å². The number of pyridine rings is 2. The predicted octanol–water partition coefficient (Wildman–Crippen LogP) is 5.09. The molecule has 0 aromatic carbocycles. The number of ether oxygens (including phenoxy) is 1. The first-order valence-corrected chi connectivity index (χ1v) is 9.92. The molecule has 29 heavy (non-hydrogen) atoms. The van der Waals surface area contributed by atoms with Gasteiger partial charge < -0.3 is 20.8 Å². The molecule has 0 amide bonds. The smallest absolute Gasteiger partial charge is 0.166 e. The zero-order valence-corrected chi connectivity index (χ0v) is 18.1. The molecule has 0 spiro atoms. The van der Waals surface area contributed by atoms with Crippen LogP contribution in [-0.4, -0.2) is 28.6 Å². The Hall–Kier alpha value is -3.02. The number of hydrogen-bond donors (Lipinski definition) is 3. The van der Waals surface area contributed by atoms with Gasteiger partial charge in [-0.15, -0.1) is 0 Å². The zero-order chi connectivity index (χ0) is 21.2. The first-order chi connectivity index (χ1) is 13.7. The number of H-pyrrole nitrogens is 1. The minimum absolute atomic E-state index is 0.0237. The normalized spacial score (nSPS) is 11.7. The van der Waals surface area contributed by atoms with Crippen LogP contribution in [0.4, 0.5) is 11.6 Å². The van der Waals surface area contributed by atoms with Crippen molar-refractivity contribution in [3.05, 3.63) is 42.4 Å². The molecule has 6 nitrogen and oxygen atoms in total. The fourth-order valence-electron chi connectivity index (χ4n) is 3.07. The van der Waals surface area contributed by atoms with E-state index in [2.05, 4.69) is 67.0 Å². The molecular formula is C23H31N5O. The van der Waals surface area contributed by atoms with Crippen molar-refractivity contribution in [2.24, 2.45) is 5.92 Å². The third-order valence-electron chi connectivity index (χ3n) is 4.78. The summed E-state index contributed by atoms with van der Waals surface area (Å²) in [6, 6.07) is 8.24. The highest BCUT2D eigenvalue weighted by atomic mass is 16.5. The van der Waals surface area contributed by atoms with E-state index >= 15 is 0 Å². The Morgan fingerprint density at radius 3 is 2.55 bits per heavy atom. The Bertz CT molecular complexity index is 985. The molecule has 3 aromatic rings. The molecule has 0 saturated heterocycles. The number of hydrogen-bond acceptors (Lipinski definition) is 5. The van der Waals surface area contributed by atoms with Crippen LogP contribution < -0.4 is 15.8 Å². The van der Waals surface area contributed by atoms with E-state index in [1.54, 1.807) is 13.3 Å². The molecule has 0 bridgehead atoms. The van der Waals surface area contributed by atoms with Crippen LogP contribution in [0.1, 0.15) is 40.3 Å². The fourth-order valence-corrected chi connectivity index (χ4v) is 3.07. The number of aromatic nitrogens is 3. The number of nitrogens with zero attached hydrogens (tertiary/aromatic N) is 2. The SMILES string of the molecule is COc1cc(-c2[nH]c(C(C)(C)C)cc2-c2ccnc(NCC(C)C)c2)cnc1N. The monoisotopic (exact) mass is 393 g/mol. The summed E-state index contributed by atoms with van der Waals surface area (Å²) < 4.78 is 5.38. The molecule has 3 aromatic heterocycles. The number of methoxy groups -OCH3 is 1. The van der Waals surface area contributed by atoms with E-state index in [0.29, 0.717) is 17.5 Å². The van der Waals surface area contributed by atoms with Gasteiger partial charge >= 0.3 is 0 Å². The molecule has 0 unspecified atom stereocenters. The Morgan fingerprint density at radius 1 is 1.14 bits per heavy atom. The van der Waals surface area contributed by atoms with Crippen LogP contribution in [0.5, 0.6) is 5.75 Å². The van der Waals surface area contributed by atoms with Crippen LogP contribution in [-0.2, 0) is 5.41 Å². The molecule has 0 aliphatic carbocycles. The van der Waals surface area contributed by atoms with Crippen molar-refractivity contribution in [3.8, 4) is 28.1 Å². The number of nitrogens with one attached hydrogen (secondary N) is 2. The minimum atomic E-state index is -0.0237. The second-order valence-corrected chi connectivity index (χ2v) is 8.74. The summed E-state index contributed by atoms with van der Waals surface area (Å²) >= 11 is 0. The molecule has 3 heterocycles. The Balaban J connectivity index is 2.11. The van der Waals surface area contributed by atoms with Crippen molar-refractivity contribution in [2.75, 3.05) is 24.7 Å². The highest BCUT2D eigenvalue weighted by molar-refractivity contribution is 5.83. The van der Waals surface area contributed by atoms with Crippen LogP contribution >= 0.6 is 0 Å². The van der Waals surface area contributed by atoms with E-state index in [1.165, 1.54) is 0 Å². The highest BCUT2D eigenvalue weighted by Crippen LogP contribution is 2.38. The molecule has 0 radical (unpaired) electrons. The summed E-state index contributed by atoms with van der Waals surface area (Å²) in [5.74, 6) is 2.36. The van der Waals surface area contributed by atoms with Crippen LogP contribution in [0.2, 0.25) is 0 Å². The number of nitrogens with two attached hydrogens (primary N) is 1. The quantitative estimate of drug-likeness (QED) is 0.542. The van der Waals surface area contributed by atoms with Crippen molar-refractivity contribution in [1.29, 1.82) is 0 Å². The maximum atomic E-state index is 5.92. The van der Waals surface area contributed by atoms with Crippen LogP contribution in [0.3, 0.4) is 0 Å². The van der Waals surface area contributed by atoms with E-state index < -0.39 is 0 Å². The number of aromatic amines is 1. The Kier molecular flexibility index (Phi) is 5.82. The van der Waals surface area contributed by atoms with Crippen molar-refractivity contribution >= 4 is 11.6 Å². The van der Waals surface area contributed by atoms with E-state index in [0.717, 1.165) is 40.4 Å². The maximum absolute atomic E-state index is 5.92. The molecule has 0 fully saturated rings. The van der Waals surface area contributed by atoms with E-state index in [1.807, 2.05) is 18.3 Å². The van der Waals surface area contributed by atoms with Crippen molar-refractivity contribution < 1.29 is 4.74 Å². The second kappa shape index (κ2) is 8.15. The van der Waals surface area contributed by atoms with Gasteiger partial charge in [0.25, 0.3) is 0 Å². The second-order valence-electron chi connectivity index (χ2n) is 8.74. The highest BCUT2D eigenvalue weighted by Gasteiger charge is 2.21. The lowest BCUT2D eigenvalue weighted by Gasteiger charge is -2.16. The van der Waals surface area contributed by atoms with E-state index in [9.17, 15) is 0 Å². The number of rotatable bonds is 6. The third-order valence-corrected chi connectivity index (χ3v) is 4.78. The first kappa shape index (κ1) is 20.7. The van der Waals surface area contributed by atoms with Gasteiger partial charge in [0, 0.05) is 41.2 Å². The Morgan fingerprint density at radius 2 is 1.90 bits per heavy atom. The van der Waals surface area contributed by atoms with Crippen LogP contribution in [0.25, 0.3) is 22.4 Å². The summed E-state index contributed by atoms with van der Waals surface area (Å²) in [4.78, 5) is 12.4. The lowest BCUT2D eigenvalue weighted by atomic mass is 9.92. The molecular weight excluding hydrogens is 362 g/mol. The van der Waals surface area contributed by atoms with Crippen molar-refractivity contribution in [3.63, 3.8) is 0 Å². The molecule has 0 aliphatic rings. The molecule has 4 N–H and O–H groups in total.